The molecule has 0 amide bonds. The Labute approximate surface area is 66.9 Å². The van der Waals surface area contributed by atoms with Crippen LogP contribution in [0.3, 0.4) is 0 Å². The van der Waals surface area contributed by atoms with Crippen molar-refractivity contribution in [2.45, 2.75) is 0 Å². The standard InChI is InChI=1S/C5H4Cl2N2O/c6-4-1-3(8)2-5(7)9(4)10/h1-2,8,10H. The molecule has 0 saturated carbocycles. The molecule has 3 nitrogen and oxygen atoms in total. The van der Waals surface area contributed by atoms with E-state index < -0.39 is 0 Å². The summed E-state index contributed by atoms with van der Waals surface area (Å²) in [5, 5.41) is 16.2. The summed E-state index contributed by atoms with van der Waals surface area (Å²) in [5.74, 6) is 0. The van der Waals surface area contributed by atoms with Crippen LogP contribution in [-0.2, 0) is 0 Å². The summed E-state index contributed by atoms with van der Waals surface area (Å²) in [5.41, 5.74) is 0. The van der Waals surface area contributed by atoms with E-state index in [1.54, 1.807) is 0 Å². The van der Waals surface area contributed by atoms with Gasteiger partial charge in [0.05, 0.1) is 5.36 Å². The van der Waals surface area contributed by atoms with Crippen LogP contribution in [-0.4, -0.2) is 9.94 Å². The highest BCUT2D eigenvalue weighted by Gasteiger charge is 1.98. The van der Waals surface area contributed by atoms with Crippen LogP contribution in [0.2, 0.25) is 10.3 Å². The van der Waals surface area contributed by atoms with E-state index in [2.05, 4.69) is 0 Å². The number of hydrogen-bond acceptors (Lipinski definition) is 2. The molecule has 0 spiro atoms. The van der Waals surface area contributed by atoms with Crippen molar-refractivity contribution in [3.05, 3.63) is 27.8 Å². The fraction of sp³-hybridized carbons (Fsp3) is 0. The third-order valence-electron chi connectivity index (χ3n) is 0.954. The summed E-state index contributed by atoms with van der Waals surface area (Å²) in [7, 11) is 0. The molecule has 0 bridgehead atoms. The van der Waals surface area contributed by atoms with Crippen molar-refractivity contribution in [1.82, 2.24) is 4.73 Å². The minimum Gasteiger partial charge on any atom is -0.426 e. The molecule has 5 heteroatoms. The summed E-state index contributed by atoms with van der Waals surface area (Å²) in [4.78, 5) is 0. The zero-order valence-corrected chi connectivity index (χ0v) is 6.32. The second-order valence-electron chi connectivity index (χ2n) is 1.70. The second kappa shape index (κ2) is 2.52. The predicted molar refractivity (Wildman–Crippen MR) is 37.5 cm³/mol. The summed E-state index contributed by atoms with van der Waals surface area (Å²) in [6, 6.07) is 2.57. The van der Waals surface area contributed by atoms with E-state index in [1.807, 2.05) is 0 Å². The maximum absolute atomic E-state index is 8.90. The van der Waals surface area contributed by atoms with E-state index >= 15 is 0 Å². The zero-order valence-electron chi connectivity index (χ0n) is 4.81. The van der Waals surface area contributed by atoms with Gasteiger partial charge in [-0.1, -0.05) is 23.2 Å². The maximum Gasteiger partial charge on any atom is 0.149 e. The highest BCUT2D eigenvalue weighted by molar-refractivity contribution is 6.32. The Hall–Kier alpha value is -0.670. The van der Waals surface area contributed by atoms with E-state index in [4.69, 9.17) is 33.8 Å². The summed E-state index contributed by atoms with van der Waals surface area (Å²) in [6.07, 6.45) is 0. The second-order valence-corrected chi connectivity index (χ2v) is 2.48. The maximum atomic E-state index is 8.90. The van der Waals surface area contributed by atoms with Crippen LogP contribution in [0.15, 0.2) is 12.1 Å². The number of halogens is 2. The fourth-order valence-corrected chi connectivity index (χ4v) is 0.983. The van der Waals surface area contributed by atoms with Crippen molar-refractivity contribution >= 4 is 23.2 Å². The van der Waals surface area contributed by atoms with Gasteiger partial charge in [-0.3, -0.25) is 0 Å². The van der Waals surface area contributed by atoms with Gasteiger partial charge in [-0.15, -0.1) is 0 Å². The summed E-state index contributed by atoms with van der Waals surface area (Å²) >= 11 is 10.9. The first-order valence-electron chi connectivity index (χ1n) is 2.43. The van der Waals surface area contributed by atoms with E-state index in [1.165, 1.54) is 12.1 Å². The highest BCUT2D eigenvalue weighted by Crippen LogP contribution is 2.10. The molecular formula is C5H4Cl2N2O. The quantitative estimate of drug-likeness (QED) is 0.460. The third kappa shape index (κ3) is 1.25. The molecule has 0 atom stereocenters. The van der Waals surface area contributed by atoms with Crippen LogP contribution in [0, 0.1) is 5.41 Å². The van der Waals surface area contributed by atoms with Crippen molar-refractivity contribution in [2.24, 2.45) is 0 Å². The Morgan fingerprint density at radius 1 is 1.30 bits per heavy atom. The predicted octanol–water partition coefficient (Wildman–Crippen LogP) is 1.51. The van der Waals surface area contributed by atoms with Gasteiger partial charge in [0.15, 0.2) is 0 Å². The monoisotopic (exact) mass is 178 g/mol. The Bertz CT molecular complexity index is 281. The first-order chi connectivity index (χ1) is 4.61. The SMILES string of the molecule is N=c1cc(Cl)n(O)c(Cl)c1. The van der Waals surface area contributed by atoms with Crippen molar-refractivity contribution in [2.75, 3.05) is 0 Å². The molecule has 0 radical (unpaired) electrons. The summed E-state index contributed by atoms with van der Waals surface area (Å²) < 4.78 is 0.598. The first kappa shape index (κ1) is 7.44. The number of nitrogens with one attached hydrogen (secondary N) is 1. The van der Waals surface area contributed by atoms with Crippen molar-refractivity contribution in [3.63, 3.8) is 0 Å². The number of rotatable bonds is 0. The minimum atomic E-state index is 0.0255. The Balaban J connectivity index is 3.46. The summed E-state index contributed by atoms with van der Waals surface area (Å²) in [6.45, 7) is 0. The van der Waals surface area contributed by atoms with Gasteiger partial charge in [0.1, 0.15) is 10.3 Å². The molecular weight excluding hydrogens is 175 g/mol. The van der Waals surface area contributed by atoms with Crippen molar-refractivity contribution in [1.29, 1.82) is 5.41 Å². The Kier molecular flexibility index (Phi) is 1.87. The van der Waals surface area contributed by atoms with Gasteiger partial charge in [0.25, 0.3) is 0 Å². The van der Waals surface area contributed by atoms with Crippen LogP contribution in [0.4, 0.5) is 0 Å². The molecule has 0 aliphatic carbocycles. The first-order valence-corrected chi connectivity index (χ1v) is 3.19. The number of nitrogens with zero attached hydrogens (tertiary/aromatic N) is 1. The van der Waals surface area contributed by atoms with Gasteiger partial charge in [-0.05, 0) is 0 Å². The Morgan fingerprint density at radius 3 is 2.10 bits per heavy atom. The molecule has 10 heavy (non-hydrogen) atoms. The lowest BCUT2D eigenvalue weighted by Crippen LogP contribution is -2.05. The Morgan fingerprint density at radius 2 is 1.70 bits per heavy atom. The van der Waals surface area contributed by atoms with E-state index in [0.717, 1.165) is 0 Å². The van der Waals surface area contributed by atoms with Crippen LogP contribution in [0.1, 0.15) is 0 Å². The van der Waals surface area contributed by atoms with Crippen LogP contribution < -0.4 is 5.36 Å². The molecule has 1 rings (SSSR count). The molecule has 2 N–H and O–H groups in total. The lowest BCUT2D eigenvalue weighted by Gasteiger charge is -2.00. The number of pyridine rings is 1. The molecule has 0 aliphatic rings. The third-order valence-corrected chi connectivity index (χ3v) is 1.49. The molecule has 1 aromatic rings. The van der Waals surface area contributed by atoms with E-state index in [-0.39, 0.29) is 15.7 Å². The van der Waals surface area contributed by atoms with Gasteiger partial charge >= 0.3 is 0 Å². The van der Waals surface area contributed by atoms with E-state index in [9.17, 15) is 0 Å². The topological polar surface area (TPSA) is 49.0 Å². The van der Waals surface area contributed by atoms with Crippen LogP contribution in [0.5, 0.6) is 0 Å². The number of aromatic nitrogens is 1. The van der Waals surface area contributed by atoms with Crippen LogP contribution >= 0.6 is 23.2 Å². The average Bonchev–Trinajstić information content (AvgIpc) is 1.82. The highest BCUT2D eigenvalue weighted by atomic mass is 35.5. The van der Waals surface area contributed by atoms with Crippen molar-refractivity contribution in [3.8, 4) is 0 Å². The minimum absolute atomic E-state index is 0.0255. The molecule has 0 aliphatic heterocycles. The normalized spacial score (nSPS) is 9.80. The molecule has 0 saturated heterocycles. The molecule has 1 heterocycles. The molecule has 0 unspecified atom stereocenters. The molecule has 1 aromatic heterocycles. The molecule has 0 aromatic carbocycles. The van der Waals surface area contributed by atoms with Gasteiger partial charge in [0.2, 0.25) is 0 Å². The van der Waals surface area contributed by atoms with Crippen molar-refractivity contribution < 1.29 is 5.21 Å². The lowest BCUT2D eigenvalue weighted by atomic mass is 10.5. The zero-order chi connectivity index (χ0) is 7.72. The van der Waals surface area contributed by atoms with Crippen LogP contribution in [0.25, 0.3) is 0 Å². The lowest BCUT2D eigenvalue weighted by molar-refractivity contribution is 0.185. The molecule has 54 valence electrons. The average molecular weight is 179 g/mol. The van der Waals surface area contributed by atoms with Gasteiger partial charge in [-0.25, -0.2) is 0 Å². The fourth-order valence-electron chi connectivity index (χ4n) is 0.523. The largest absolute Gasteiger partial charge is 0.426 e. The molecule has 0 fully saturated rings. The van der Waals surface area contributed by atoms with E-state index in [0.29, 0.717) is 4.73 Å². The van der Waals surface area contributed by atoms with Gasteiger partial charge in [0, 0.05) is 12.1 Å². The number of hydrogen-bond donors (Lipinski definition) is 2. The smallest absolute Gasteiger partial charge is 0.149 e. The van der Waals surface area contributed by atoms with Gasteiger partial charge < -0.3 is 10.6 Å². The van der Waals surface area contributed by atoms with Gasteiger partial charge in [-0.2, -0.15) is 4.73 Å².